The van der Waals surface area contributed by atoms with Crippen molar-refractivity contribution in [1.82, 2.24) is 5.43 Å². The van der Waals surface area contributed by atoms with Gasteiger partial charge in [-0.3, -0.25) is 9.10 Å². The van der Waals surface area contributed by atoms with E-state index in [1.165, 1.54) is 10.5 Å². The van der Waals surface area contributed by atoms with Crippen molar-refractivity contribution in [3.8, 4) is 5.75 Å². The number of anilines is 1. The van der Waals surface area contributed by atoms with E-state index in [9.17, 15) is 18.0 Å². The van der Waals surface area contributed by atoms with E-state index in [1.807, 2.05) is 6.07 Å². The second-order valence-corrected chi connectivity index (χ2v) is 11.4. The Bertz CT molecular complexity index is 1360. The molecule has 3 aromatic rings. The third kappa shape index (κ3) is 9.04. The van der Waals surface area contributed by atoms with Crippen molar-refractivity contribution in [2.75, 3.05) is 17.2 Å². The summed E-state index contributed by atoms with van der Waals surface area (Å²) in [6.45, 7) is 5.30. The number of benzene rings is 3. The van der Waals surface area contributed by atoms with Gasteiger partial charge in [0, 0.05) is 5.56 Å². The van der Waals surface area contributed by atoms with Crippen LogP contribution in [0.4, 0.5) is 5.69 Å². The summed E-state index contributed by atoms with van der Waals surface area (Å²) in [6, 6.07) is 22.3. The first-order valence-corrected chi connectivity index (χ1v) is 13.7. The molecule has 0 unspecified atom stereocenters. The lowest BCUT2D eigenvalue weighted by Gasteiger charge is -2.22. The van der Waals surface area contributed by atoms with Gasteiger partial charge in [0.1, 0.15) is 11.4 Å². The number of sulfonamides is 1. The van der Waals surface area contributed by atoms with Crippen molar-refractivity contribution in [3.63, 3.8) is 0 Å². The Morgan fingerprint density at radius 2 is 1.58 bits per heavy atom. The van der Waals surface area contributed by atoms with Crippen LogP contribution in [0.3, 0.4) is 0 Å². The molecule has 0 aliphatic carbocycles. The first kappa shape index (κ1) is 28.4. The predicted octanol–water partition coefficient (Wildman–Crippen LogP) is 4.14. The lowest BCUT2D eigenvalue weighted by atomic mass is 10.1. The maximum atomic E-state index is 12.5. The van der Waals surface area contributed by atoms with Crippen LogP contribution in [-0.4, -0.2) is 45.0 Å². The van der Waals surface area contributed by atoms with Crippen LogP contribution < -0.4 is 14.5 Å². The van der Waals surface area contributed by atoms with Gasteiger partial charge in [0.2, 0.25) is 10.0 Å². The fourth-order valence-electron chi connectivity index (χ4n) is 3.31. The highest BCUT2D eigenvalue weighted by molar-refractivity contribution is 7.92. The molecule has 0 aromatic heterocycles. The van der Waals surface area contributed by atoms with Crippen LogP contribution in [0, 0.1) is 0 Å². The molecule has 0 heterocycles. The molecule has 3 rings (SSSR count). The van der Waals surface area contributed by atoms with Gasteiger partial charge < -0.3 is 9.47 Å². The normalized spacial score (nSPS) is 11.7. The molecular weight excluding hydrogens is 506 g/mol. The van der Waals surface area contributed by atoms with Crippen molar-refractivity contribution in [3.05, 3.63) is 95.6 Å². The number of nitrogens with one attached hydrogen (secondary N) is 1. The van der Waals surface area contributed by atoms with Crippen LogP contribution in [0.15, 0.2) is 84.0 Å². The number of hydrazone groups is 1. The monoisotopic (exact) mass is 537 g/mol. The van der Waals surface area contributed by atoms with Gasteiger partial charge in [-0.15, -0.1) is 0 Å². The van der Waals surface area contributed by atoms with E-state index in [4.69, 9.17) is 9.47 Å². The minimum absolute atomic E-state index is 0.139. The fourth-order valence-corrected chi connectivity index (χ4v) is 4.20. The topological polar surface area (TPSA) is 114 Å². The van der Waals surface area contributed by atoms with E-state index in [1.54, 1.807) is 93.6 Å². The third-order valence-corrected chi connectivity index (χ3v) is 6.16. The summed E-state index contributed by atoms with van der Waals surface area (Å²) in [7, 11) is -3.49. The zero-order chi connectivity index (χ0) is 27.8. The van der Waals surface area contributed by atoms with Crippen LogP contribution in [0.5, 0.6) is 5.75 Å². The number of para-hydroxylation sites is 1. The molecule has 0 fully saturated rings. The molecule has 0 saturated carbocycles. The van der Waals surface area contributed by atoms with Gasteiger partial charge in [-0.25, -0.2) is 18.6 Å². The number of nitrogens with zero attached hydrogens (tertiary/aromatic N) is 2. The molecule has 200 valence electrons. The number of carbonyl (C=O) groups is 2. The predicted molar refractivity (Wildman–Crippen MR) is 147 cm³/mol. The largest absolute Gasteiger partial charge is 0.482 e. The maximum absolute atomic E-state index is 12.5. The number of hydrogen-bond donors (Lipinski definition) is 1. The van der Waals surface area contributed by atoms with Gasteiger partial charge in [-0.05, 0) is 80.4 Å². The van der Waals surface area contributed by atoms with Crippen molar-refractivity contribution < 1.29 is 27.5 Å². The van der Waals surface area contributed by atoms with E-state index in [0.29, 0.717) is 22.6 Å². The average Bonchev–Trinajstić information content (AvgIpc) is 2.86. The van der Waals surface area contributed by atoms with Crippen LogP contribution in [0.25, 0.3) is 0 Å². The molecule has 1 amide bonds. The number of rotatable bonds is 10. The molecule has 0 saturated heterocycles. The van der Waals surface area contributed by atoms with Gasteiger partial charge in [0.05, 0.1) is 24.7 Å². The van der Waals surface area contributed by atoms with Crippen molar-refractivity contribution in [2.45, 2.75) is 32.9 Å². The van der Waals surface area contributed by atoms with Crippen molar-refractivity contribution in [1.29, 1.82) is 0 Å². The van der Waals surface area contributed by atoms with E-state index in [0.717, 1.165) is 11.8 Å². The Labute approximate surface area is 223 Å². The zero-order valence-electron chi connectivity index (χ0n) is 21.7. The highest BCUT2D eigenvalue weighted by atomic mass is 32.2. The quantitative estimate of drug-likeness (QED) is 0.236. The number of esters is 1. The summed E-state index contributed by atoms with van der Waals surface area (Å²) in [4.78, 5) is 24.2. The molecule has 0 bridgehead atoms. The summed E-state index contributed by atoms with van der Waals surface area (Å²) in [6.07, 6.45) is 2.64. The SMILES string of the molecule is CC(C)(C)OC(=O)COc1ccc(/C=N\NC(=O)c2ccc(CN(c3ccccc3)S(C)(=O)=O)cc2)cc1. The Hall–Kier alpha value is -4.18. The van der Waals surface area contributed by atoms with Gasteiger partial charge in [0.15, 0.2) is 6.61 Å². The summed E-state index contributed by atoms with van der Waals surface area (Å²) >= 11 is 0. The number of hydrogen-bond acceptors (Lipinski definition) is 7. The molecule has 0 aliphatic rings. The molecule has 0 radical (unpaired) electrons. The van der Waals surface area contributed by atoms with Crippen molar-refractivity contribution in [2.24, 2.45) is 5.10 Å². The Balaban J connectivity index is 1.53. The molecule has 38 heavy (non-hydrogen) atoms. The molecule has 3 aromatic carbocycles. The minimum atomic E-state index is -3.49. The lowest BCUT2D eigenvalue weighted by Crippen LogP contribution is -2.29. The first-order valence-electron chi connectivity index (χ1n) is 11.8. The molecule has 0 atom stereocenters. The highest BCUT2D eigenvalue weighted by Crippen LogP contribution is 2.20. The summed E-state index contributed by atoms with van der Waals surface area (Å²) < 4.78 is 36.5. The van der Waals surface area contributed by atoms with Crippen LogP contribution in [-0.2, 0) is 26.1 Å². The number of carbonyl (C=O) groups excluding carboxylic acids is 2. The molecular formula is C28H31N3O6S. The Morgan fingerprint density at radius 1 is 0.947 bits per heavy atom. The third-order valence-electron chi connectivity index (χ3n) is 5.02. The second-order valence-electron chi connectivity index (χ2n) is 9.45. The molecule has 0 spiro atoms. The molecule has 1 N–H and O–H groups in total. The van der Waals surface area contributed by atoms with Gasteiger partial charge in [-0.1, -0.05) is 30.3 Å². The molecule has 10 heteroatoms. The van der Waals surface area contributed by atoms with E-state index < -0.39 is 27.5 Å². The summed E-state index contributed by atoms with van der Waals surface area (Å²) in [5.41, 5.74) is 4.28. The van der Waals surface area contributed by atoms with Crippen LogP contribution in [0.2, 0.25) is 0 Å². The number of amides is 1. The standard InChI is InChI=1S/C28H31N3O6S/c1-28(2,3)37-26(32)20-36-25-16-12-21(13-17-25)18-29-30-27(33)23-14-10-22(11-15-23)19-31(38(4,34)35)24-8-6-5-7-9-24/h5-18H,19-20H2,1-4H3,(H,30,33)/b29-18-. The van der Waals surface area contributed by atoms with E-state index in [-0.39, 0.29) is 13.2 Å². The first-order chi connectivity index (χ1) is 17.9. The Kier molecular flexibility index (Phi) is 9.25. The molecule has 0 aliphatic heterocycles. The van der Waals surface area contributed by atoms with E-state index >= 15 is 0 Å². The summed E-state index contributed by atoms with van der Waals surface area (Å²) in [5.74, 6) is -0.366. The Morgan fingerprint density at radius 3 is 2.16 bits per heavy atom. The molecule has 9 nitrogen and oxygen atoms in total. The van der Waals surface area contributed by atoms with Gasteiger partial charge in [-0.2, -0.15) is 5.10 Å². The van der Waals surface area contributed by atoms with Gasteiger partial charge in [0.25, 0.3) is 5.91 Å². The maximum Gasteiger partial charge on any atom is 0.344 e. The lowest BCUT2D eigenvalue weighted by molar-refractivity contribution is -0.157. The van der Waals surface area contributed by atoms with Crippen LogP contribution in [0.1, 0.15) is 42.3 Å². The average molecular weight is 538 g/mol. The minimum Gasteiger partial charge on any atom is -0.482 e. The van der Waals surface area contributed by atoms with Crippen molar-refractivity contribution >= 4 is 33.8 Å². The summed E-state index contributed by atoms with van der Waals surface area (Å²) in [5, 5.41) is 3.98. The van der Waals surface area contributed by atoms with Gasteiger partial charge >= 0.3 is 5.97 Å². The smallest absolute Gasteiger partial charge is 0.344 e. The fraction of sp³-hybridized carbons (Fsp3) is 0.250. The zero-order valence-corrected chi connectivity index (χ0v) is 22.6. The highest BCUT2D eigenvalue weighted by Gasteiger charge is 2.18. The second kappa shape index (κ2) is 12.4. The van der Waals surface area contributed by atoms with E-state index in [2.05, 4.69) is 10.5 Å². The number of ether oxygens (including phenoxy) is 2. The van der Waals surface area contributed by atoms with Crippen LogP contribution >= 0.6 is 0 Å².